The molecule has 0 spiro atoms. The molecule has 1 aromatic carbocycles. The first-order valence-electron chi connectivity index (χ1n) is 6.17. The third kappa shape index (κ3) is 2.43. The van der Waals surface area contributed by atoms with Gasteiger partial charge in [0.25, 0.3) is 0 Å². The SMILES string of the molecule is CC(O)C(O)C1C(O)CCN1c1ccc(N)cc1. The van der Waals surface area contributed by atoms with Gasteiger partial charge < -0.3 is 26.0 Å². The fourth-order valence-electron chi connectivity index (χ4n) is 2.46. The van der Waals surface area contributed by atoms with Crippen molar-refractivity contribution in [3.8, 4) is 0 Å². The van der Waals surface area contributed by atoms with Crippen LogP contribution in [0, 0.1) is 0 Å². The summed E-state index contributed by atoms with van der Waals surface area (Å²) in [6, 6.07) is 6.80. The summed E-state index contributed by atoms with van der Waals surface area (Å²) in [7, 11) is 0. The Hall–Kier alpha value is -1.30. The Balaban J connectivity index is 2.23. The number of hydrogen-bond donors (Lipinski definition) is 4. The van der Waals surface area contributed by atoms with Gasteiger partial charge in [-0.15, -0.1) is 0 Å². The van der Waals surface area contributed by atoms with E-state index in [0.717, 1.165) is 5.69 Å². The summed E-state index contributed by atoms with van der Waals surface area (Å²) in [6.07, 6.45) is -1.90. The molecule has 1 heterocycles. The monoisotopic (exact) mass is 252 g/mol. The molecule has 0 aromatic heterocycles. The number of nitrogen functional groups attached to an aromatic ring is 1. The molecule has 4 atom stereocenters. The molecule has 0 saturated carbocycles. The third-order valence-corrected chi connectivity index (χ3v) is 3.49. The summed E-state index contributed by atoms with van der Waals surface area (Å²) in [4.78, 5) is 1.92. The molecule has 1 aromatic rings. The Bertz CT molecular complexity index is 394. The molecule has 18 heavy (non-hydrogen) atoms. The highest BCUT2D eigenvalue weighted by atomic mass is 16.3. The molecule has 0 aliphatic carbocycles. The molecule has 4 unspecified atom stereocenters. The lowest BCUT2D eigenvalue weighted by atomic mass is 10.0. The average Bonchev–Trinajstić information content (AvgIpc) is 2.71. The smallest absolute Gasteiger partial charge is 0.102 e. The Kier molecular flexibility index (Phi) is 3.75. The minimum absolute atomic E-state index is 0.478. The third-order valence-electron chi connectivity index (χ3n) is 3.49. The number of rotatable bonds is 3. The molecule has 5 heteroatoms. The Morgan fingerprint density at radius 1 is 1.28 bits per heavy atom. The molecular weight excluding hydrogens is 232 g/mol. The van der Waals surface area contributed by atoms with Crippen LogP contribution in [0.4, 0.5) is 11.4 Å². The largest absolute Gasteiger partial charge is 0.399 e. The van der Waals surface area contributed by atoms with Gasteiger partial charge in [-0.05, 0) is 37.6 Å². The molecule has 1 saturated heterocycles. The summed E-state index contributed by atoms with van der Waals surface area (Å²) >= 11 is 0. The highest BCUT2D eigenvalue weighted by Gasteiger charge is 2.39. The summed E-state index contributed by atoms with van der Waals surface area (Å²) < 4.78 is 0. The normalized spacial score (nSPS) is 27.2. The number of aliphatic hydroxyl groups is 3. The first kappa shape index (κ1) is 13.1. The molecule has 1 aliphatic heterocycles. The van der Waals surface area contributed by atoms with Crippen molar-refractivity contribution in [3.63, 3.8) is 0 Å². The summed E-state index contributed by atoms with van der Waals surface area (Å²) in [6.45, 7) is 2.18. The topological polar surface area (TPSA) is 90.0 Å². The van der Waals surface area contributed by atoms with E-state index in [9.17, 15) is 15.3 Å². The van der Waals surface area contributed by atoms with Gasteiger partial charge in [0.1, 0.15) is 6.10 Å². The molecule has 2 rings (SSSR count). The number of hydrogen-bond acceptors (Lipinski definition) is 5. The highest BCUT2D eigenvalue weighted by molar-refractivity contribution is 5.55. The van der Waals surface area contributed by atoms with E-state index < -0.39 is 24.4 Å². The number of benzene rings is 1. The fraction of sp³-hybridized carbons (Fsp3) is 0.538. The predicted octanol–water partition coefficient (Wildman–Crippen LogP) is -0.0499. The van der Waals surface area contributed by atoms with Gasteiger partial charge in [-0.25, -0.2) is 0 Å². The first-order chi connectivity index (χ1) is 8.50. The average molecular weight is 252 g/mol. The molecule has 100 valence electrons. The summed E-state index contributed by atoms with van der Waals surface area (Å²) in [5, 5.41) is 29.5. The van der Waals surface area contributed by atoms with Gasteiger partial charge in [-0.1, -0.05) is 0 Å². The van der Waals surface area contributed by atoms with Crippen molar-refractivity contribution in [1.82, 2.24) is 0 Å². The summed E-state index contributed by atoms with van der Waals surface area (Å²) in [5.41, 5.74) is 7.20. The van der Waals surface area contributed by atoms with E-state index >= 15 is 0 Å². The van der Waals surface area contributed by atoms with E-state index in [1.807, 2.05) is 17.0 Å². The second-order valence-corrected chi connectivity index (χ2v) is 4.86. The second-order valence-electron chi connectivity index (χ2n) is 4.86. The highest BCUT2D eigenvalue weighted by Crippen LogP contribution is 2.29. The lowest BCUT2D eigenvalue weighted by molar-refractivity contribution is -0.0111. The van der Waals surface area contributed by atoms with Gasteiger partial charge in [0, 0.05) is 17.9 Å². The van der Waals surface area contributed by atoms with E-state index in [4.69, 9.17) is 5.73 Å². The van der Waals surface area contributed by atoms with Crippen LogP contribution in [-0.2, 0) is 0 Å². The lowest BCUT2D eigenvalue weighted by Crippen LogP contribution is -2.49. The van der Waals surface area contributed by atoms with E-state index in [1.165, 1.54) is 6.92 Å². The van der Waals surface area contributed by atoms with Crippen LogP contribution in [0.25, 0.3) is 0 Å². The molecule has 0 amide bonds. The van der Waals surface area contributed by atoms with Gasteiger partial charge in [0.15, 0.2) is 0 Å². The number of nitrogens with two attached hydrogens (primary N) is 1. The second kappa shape index (κ2) is 5.14. The van der Waals surface area contributed by atoms with Crippen molar-refractivity contribution in [3.05, 3.63) is 24.3 Å². The maximum atomic E-state index is 10.0. The van der Waals surface area contributed by atoms with E-state index in [-0.39, 0.29) is 0 Å². The van der Waals surface area contributed by atoms with Gasteiger partial charge >= 0.3 is 0 Å². The maximum absolute atomic E-state index is 10.0. The van der Waals surface area contributed by atoms with Crippen molar-refractivity contribution in [1.29, 1.82) is 0 Å². The van der Waals surface area contributed by atoms with Crippen molar-refractivity contribution in [2.24, 2.45) is 0 Å². The molecule has 1 fully saturated rings. The van der Waals surface area contributed by atoms with Crippen molar-refractivity contribution in [2.75, 3.05) is 17.2 Å². The number of nitrogens with zero attached hydrogens (tertiary/aromatic N) is 1. The standard InChI is InChI=1S/C13H20N2O3/c1-8(16)13(18)12-11(17)6-7-15(12)10-4-2-9(14)3-5-10/h2-5,8,11-13,16-18H,6-7,14H2,1H3. The van der Waals surface area contributed by atoms with Gasteiger partial charge in [0.2, 0.25) is 0 Å². The minimum atomic E-state index is -0.972. The molecular formula is C13H20N2O3. The molecule has 0 radical (unpaired) electrons. The number of aliphatic hydroxyl groups excluding tert-OH is 3. The van der Waals surface area contributed by atoms with Gasteiger partial charge in [-0.3, -0.25) is 0 Å². The van der Waals surface area contributed by atoms with Crippen molar-refractivity contribution in [2.45, 2.75) is 37.7 Å². The van der Waals surface area contributed by atoms with Crippen molar-refractivity contribution < 1.29 is 15.3 Å². The van der Waals surface area contributed by atoms with Crippen LogP contribution in [0.5, 0.6) is 0 Å². The van der Waals surface area contributed by atoms with Crippen molar-refractivity contribution >= 4 is 11.4 Å². The molecule has 1 aliphatic rings. The van der Waals surface area contributed by atoms with Crippen LogP contribution in [0.2, 0.25) is 0 Å². The molecule has 5 nitrogen and oxygen atoms in total. The molecule has 5 N–H and O–H groups in total. The van der Waals surface area contributed by atoms with Crippen LogP contribution >= 0.6 is 0 Å². The maximum Gasteiger partial charge on any atom is 0.102 e. The van der Waals surface area contributed by atoms with Crippen LogP contribution in [0.15, 0.2) is 24.3 Å². The van der Waals surface area contributed by atoms with Crippen LogP contribution in [0.1, 0.15) is 13.3 Å². The lowest BCUT2D eigenvalue weighted by Gasteiger charge is -2.33. The predicted molar refractivity (Wildman–Crippen MR) is 70.3 cm³/mol. The zero-order chi connectivity index (χ0) is 13.3. The fourth-order valence-corrected chi connectivity index (χ4v) is 2.46. The first-order valence-corrected chi connectivity index (χ1v) is 6.17. The number of anilines is 2. The Labute approximate surface area is 106 Å². The Morgan fingerprint density at radius 2 is 1.89 bits per heavy atom. The van der Waals surface area contributed by atoms with E-state index in [1.54, 1.807) is 12.1 Å². The van der Waals surface area contributed by atoms with Gasteiger partial charge in [-0.2, -0.15) is 0 Å². The van der Waals surface area contributed by atoms with E-state index in [0.29, 0.717) is 18.7 Å². The van der Waals surface area contributed by atoms with Crippen LogP contribution in [0.3, 0.4) is 0 Å². The summed E-state index contributed by atoms with van der Waals surface area (Å²) in [5.74, 6) is 0. The van der Waals surface area contributed by atoms with Gasteiger partial charge in [0.05, 0.1) is 18.2 Å². The minimum Gasteiger partial charge on any atom is -0.399 e. The Morgan fingerprint density at radius 3 is 2.44 bits per heavy atom. The quantitative estimate of drug-likeness (QED) is 0.566. The van der Waals surface area contributed by atoms with Crippen LogP contribution < -0.4 is 10.6 Å². The van der Waals surface area contributed by atoms with E-state index in [2.05, 4.69) is 0 Å². The zero-order valence-electron chi connectivity index (χ0n) is 10.4. The zero-order valence-corrected chi connectivity index (χ0v) is 10.4. The van der Waals surface area contributed by atoms with Crippen LogP contribution in [-0.4, -0.2) is 46.2 Å². The molecule has 0 bridgehead atoms.